The van der Waals surface area contributed by atoms with Crippen molar-refractivity contribution in [2.75, 3.05) is 40.0 Å². The van der Waals surface area contributed by atoms with Crippen LogP contribution in [-0.4, -0.2) is 71.3 Å². The van der Waals surface area contributed by atoms with Crippen molar-refractivity contribution >= 4 is 29.4 Å². The second-order valence-electron chi connectivity index (χ2n) is 7.26. The summed E-state index contributed by atoms with van der Waals surface area (Å²) in [6.07, 6.45) is 5.94. The quantitative estimate of drug-likeness (QED) is 0.685. The van der Waals surface area contributed by atoms with Crippen LogP contribution in [0.5, 0.6) is 5.75 Å². The zero-order chi connectivity index (χ0) is 18.9. The fourth-order valence-electron chi connectivity index (χ4n) is 3.13. The van der Waals surface area contributed by atoms with E-state index in [9.17, 15) is 9.90 Å². The van der Waals surface area contributed by atoms with E-state index in [1.165, 1.54) is 30.6 Å². The Morgan fingerprint density at radius 2 is 1.73 bits per heavy atom. The minimum absolute atomic E-state index is 0.243. The number of phenols is 1. The third-order valence-corrected chi connectivity index (χ3v) is 7.70. The van der Waals surface area contributed by atoms with Crippen LogP contribution in [0.3, 0.4) is 0 Å². The number of carbonyl (C=O) groups excluding carboxylic acids is 1. The Morgan fingerprint density at radius 3 is 2.38 bits per heavy atom. The lowest BCUT2D eigenvalue weighted by molar-refractivity contribution is -0.127. The van der Waals surface area contributed by atoms with Crippen molar-refractivity contribution in [3.05, 3.63) is 24.3 Å². The van der Waals surface area contributed by atoms with Crippen molar-refractivity contribution in [2.45, 2.75) is 47.5 Å². The van der Waals surface area contributed by atoms with Gasteiger partial charge in [0.1, 0.15) is 5.75 Å². The number of amides is 1. The summed E-state index contributed by atoms with van der Waals surface area (Å²) in [5.74, 6) is 1.13. The van der Waals surface area contributed by atoms with Gasteiger partial charge in [0.2, 0.25) is 5.91 Å². The Kier molecular flexibility index (Phi) is 9.16. The number of hydrogen-bond donors (Lipinski definition) is 1. The minimum Gasteiger partial charge on any atom is -0.508 e. The van der Waals surface area contributed by atoms with Crippen molar-refractivity contribution < 1.29 is 9.90 Å². The lowest BCUT2D eigenvalue weighted by Gasteiger charge is -2.31. The number of nitrogens with zero attached hydrogens (tertiary/aromatic N) is 2. The molecule has 1 saturated carbocycles. The maximum atomic E-state index is 12.4. The first-order valence-electron chi connectivity index (χ1n) is 9.41. The predicted octanol–water partition coefficient (Wildman–Crippen LogP) is 3.94. The zero-order valence-electron chi connectivity index (χ0n) is 16.2. The molecule has 1 aliphatic rings. The molecule has 0 aliphatic heterocycles. The molecule has 6 heteroatoms. The van der Waals surface area contributed by atoms with Crippen LogP contribution in [-0.2, 0) is 4.79 Å². The Morgan fingerprint density at radius 1 is 1.08 bits per heavy atom. The van der Waals surface area contributed by atoms with Gasteiger partial charge >= 0.3 is 0 Å². The largest absolute Gasteiger partial charge is 0.508 e. The molecule has 0 unspecified atom stereocenters. The van der Waals surface area contributed by atoms with Crippen LogP contribution in [0.1, 0.15) is 32.1 Å². The van der Waals surface area contributed by atoms with E-state index in [0.717, 1.165) is 19.5 Å². The zero-order valence-corrected chi connectivity index (χ0v) is 17.8. The summed E-state index contributed by atoms with van der Waals surface area (Å²) in [6.45, 7) is 1.84. The van der Waals surface area contributed by atoms with Gasteiger partial charge in [-0.05, 0) is 64.2 Å². The summed E-state index contributed by atoms with van der Waals surface area (Å²) in [5.41, 5.74) is 0. The lowest BCUT2D eigenvalue weighted by atomic mass is 10.00. The lowest BCUT2D eigenvalue weighted by Crippen LogP contribution is -2.33. The maximum Gasteiger partial charge on any atom is 0.232 e. The van der Waals surface area contributed by atoms with Gasteiger partial charge in [0.05, 0.1) is 5.75 Å². The van der Waals surface area contributed by atoms with E-state index in [2.05, 4.69) is 19.0 Å². The fraction of sp³-hybridized carbons (Fsp3) is 0.650. The molecule has 1 aromatic rings. The number of benzene rings is 1. The van der Waals surface area contributed by atoms with Gasteiger partial charge in [-0.25, -0.2) is 0 Å². The van der Waals surface area contributed by atoms with Gasteiger partial charge < -0.3 is 14.9 Å². The summed E-state index contributed by atoms with van der Waals surface area (Å²) in [5, 5.41) is 10.5. The fourth-order valence-corrected chi connectivity index (χ4v) is 6.00. The second kappa shape index (κ2) is 11.1. The molecule has 1 aliphatic carbocycles. The Labute approximate surface area is 166 Å². The van der Waals surface area contributed by atoms with Crippen LogP contribution in [0.4, 0.5) is 0 Å². The van der Waals surface area contributed by atoms with Gasteiger partial charge in [-0.2, -0.15) is 0 Å². The van der Waals surface area contributed by atoms with Crippen molar-refractivity contribution in [2.24, 2.45) is 0 Å². The SMILES string of the molecule is CN(C)CCCN(C)C(=O)CS[C@@H]1CCCC[C@H]1Sc1ccc(O)cc1. The first-order valence-corrected chi connectivity index (χ1v) is 11.3. The Hall–Kier alpha value is -0.850. The number of thioether (sulfide) groups is 2. The molecule has 146 valence electrons. The average Bonchev–Trinajstić information content (AvgIpc) is 2.62. The first kappa shape index (κ1) is 21.5. The Balaban J connectivity index is 1.79. The highest BCUT2D eigenvalue weighted by molar-refractivity contribution is 8.04. The molecule has 1 aromatic carbocycles. The number of hydrogen-bond acceptors (Lipinski definition) is 5. The highest BCUT2D eigenvalue weighted by atomic mass is 32.2. The molecule has 0 radical (unpaired) electrons. The van der Waals surface area contributed by atoms with Gasteiger partial charge in [-0.3, -0.25) is 4.79 Å². The molecule has 2 atom stereocenters. The molecular weight excluding hydrogens is 364 g/mol. The molecule has 1 N–H and O–H groups in total. The van der Waals surface area contributed by atoms with Gasteiger partial charge in [0, 0.05) is 29.0 Å². The minimum atomic E-state index is 0.243. The van der Waals surface area contributed by atoms with Gasteiger partial charge in [0.15, 0.2) is 0 Å². The van der Waals surface area contributed by atoms with Crippen molar-refractivity contribution in [1.82, 2.24) is 9.80 Å². The van der Waals surface area contributed by atoms with Crippen molar-refractivity contribution in [3.8, 4) is 5.75 Å². The van der Waals surface area contributed by atoms with E-state index < -0.39 is 0 Å². The predicted molar refractivity (Wildman–Crippen MR) is 113 cm³/mol. The molecule has 4 nitrogen and oxygen atoms in total. The molecule has 1 fully saturated rings. The maximum absolute atomic E-state index is 12.4. The van der Waals surface area contributed by atoms with Crippen LogP contribution in [0.2, 0.25) is 0 Å². The molecule has 1 amide bonds. The third kappa shape index (κ3) is 7.41. The van der Waals surface area contributed by atoms with E-state index >= 15 is 0 Å². The highest BCUT2D eigenvalue weighted by Crippen LogP contribution is 2.39. The van der Waals surface area contributed by atoms with E-state index in [-0.39, 0.29) is 5.91 Å². The summed E-state index contributed by atoms with van der Waals surface area (Å²) < 4.78 is 0. The van der Waals surface area contributed by atoms with E-state index in [1.807, 2.05) is 47.6 Å². The summed E-state index contributed by atoms with van der Waals surface area (Å²) in [7, 11) is 6.04. The second-order valence-corrected chi connectivity index (χ2v) is 9.80. The van der Waals surface area contributed by atoms with Crippen LogP contribution in [0.15, 0.2) is 29.2 Å². The molecule has 0 heterocycles. The van der Waals surface area contributed by atoms with Crippen LogP contribution < -0.4 is 0 Å². The normalized spacial score (nSPS) is 20.3. The topological polar surface area (TPSA) is 43.8 Å². The smallest absolute Gasteiger partial charge is 0.232 e. The summed E-state index contributed by atoms with van der Waals surface area (Å²) in [4.78, 5) is 17.7. The monoisotopic (exact) mass is 396 g/mol. The molecule has 0 spiro atoms. The van der Waals surface area contributed by atoms with Gasteiger partial charge in [-0.15, -0.1) is 23.5 Å². The number of rotatable bonds is 9. The molecule has 0 saturated heterocycles. The van der Waals surface area contributed by atoms with E-state index in [1.54, 1.807) is 12.1 Å². The number of phenolic OH excluding ortho intramolecular Hbond substituents is 1. The van der Waals surface area contributed by atoms with Crippen LogP contribution in [0.25, 0.3) is 0 Å². The van der Waals surface area contributed by atoms with Crippen LogP contribution in [0, 0.1) is 0 Å². The summed E-state index contributed by atoms with van der Waals surface area (Å²) >= 11 is 3.73. The standard InChI is InChI=1S/C20H32N2O2S2/c1-21(2)13-6-14-22(3)20(24)15-25-18-7-4-5-8-19(18)26-17-11-9-16(23)10-12-17/h9-12,18-19,23H,4-8,13-15H2,1-3H3/t18-,19-/m1/s1. The van der Waals surface area contributed by atoms with Crippen molar-refractivity contribution in [3.63, 3.8) is 0 Å². The number of aromatic hydroxyl groups is 1. The Bertz CT molecular complexity index is 551. The van der Waals surface area contributed by atoms with Gasteiger partial charge in [0.25, 0.3) is 0 Å². The van der Waals surface area contributed by atoms with E-state index in [4.69, 9.17) is 0 Å². The number of carbonyl (C=O) groups is 1. The average molecular weight is 397 g/mol. The first-order chi connectivity index (χ1) is 12.5. The van der Waals surface area contributed by atoms with Crippen molar-refractivity contribution in [1.29, 1.82) is 0 Å². The van der Waals surface area contributed by atoms with Gasteiger partial charge in [-0.1, -0.05) is 12.8 Å². The third-order valence-electron chi connectivity index (χ3n) is 4.71. The molecular formula is C20H32N2O2S2. The molecule has 2 rings (SSSR count). The molecule has 26 heavy (non-hydrogen) atoms. The molecule has 0 bridgehead atoms. The highest BCUT2D eigenvalue weighted by Gasteiger charge is 2.27. The van der Waals surface area contributed by atoms with Crippen LogP contribution >= 0.6 is 23.5 Å². The van der Waals surface area contributed by atoms with E-state index in [0.29, 0.717) is 22.0 Å². The summed E-state index contributed by atoms with van der Waals surface area (Å²) in [6, 6.07) is 7.47. The molecule has 0 aromatic heterocycles.